The summed E-state index contributed by atoms with van der Waals surface area (Å²) in [6.45, 7) is 7.93. The SMILES string of the molecule is Cc1nc2cc(C(O)CNCCC(C)C)ccc2n1C. The van der Waals surface area contributed by atoms with E-state index in [1.165, 1.54) is 0 Å². The predicted molar refractivity (Wildman–Crippen MR) is 82.7 cm³/mol. The van der Waals surface area contributed by atoms with E-state index in [-0.39, 0.29) is 0 Å². The van der Waals surface area contributed by atoms with E-state index < -0.39 is 6.10 Å². The van der Waals surface area contributed by atoms with Gasteiger partial charge < -0.3 is 15.0 Å². The first kappa shape index (κ1) is 15.0. The average molecular weight is 275 g/mol. The molecule has 2 rings (SSSR count). The van der Waals surface area contributed by atoms with Gasteiger partial charge >= 0.3 is 0 Å². The molecule has 1 aromatic heterocycles. The van der Waals surface area contributed by atoms with Crippen molar-refractivity contribution in [2.45, 2.75) is 33.3 Å². The fourth-order valence-electron chi connectivity index (χ4n) is 2.29. The number of hydrogen-bond acceptors (Lipinski definition) is 3. The highest BCUT2D eigenvalue weighted by Crippen LogP contribution is 2.20. The molecule has 4 heteroatoms. The number of nitrogens with zero attached hydrogens (tertiary/aromatic N) is 2. The summed E-state index contributed by atoms with van der Waals surface area (Å²) in [5.41, 5.74) is 2.97. The smallest absolute Gasteiger partial charge is 0.106 e. The Morgan fingerprint density at radius 2 is 2.10 bits per heavy atom. The maximum Gasteiger partial charge on any atom is 0.106 e. The number of imidazole rings is 1. The molecule has 0 bridgehead atoms. The van der Waals surface area contributed by atoms with Crippen molar-refractivity contribution in [2.24, 2.45) is 13.0 Å². The molecule has 0 fully saturated rings. The molecule has 4 nitrogen and oxygen atoms in total. The van der Waals surface area contributed by atoms with Crippen LogP contribution in [0.15, 0.2) is 18.2 Å². The van der Waals surface area contributed by atoms with Gasteiger partial charge in [-0.1, -0.05) is 19.9 Å². The van der Waals surface area contributed by atoms with E-state index in [2.05, 4.69) is 28.7 Å². The summed E-state index contributed by atoms with van der Waals surface area (Å²) in [6.07, 6.45) is 0.652. The summed E-state index contributed by atoms with van der Waals surface area (Å²) in [5.74, 6) is 1.68. The first-order chi connectivity index (χ1) is 9.49. The van der Waals surface area contributed by atoms with E-state index in [9.17, 15) is 5.11 Å². The van der Waals surface area contributed by atoms with E-state index in [0.29, 0.717) is 12.5 Å². The molecule has 2 N–H and O–H groups in total. The van der Waals surface area contributed by atoms with Crippen LogP contribution in [-0.2, 0) is 7.05 Å². The van der Waals surface area contributed by atoms with E-state index in [0.717, 1.165) is 35.4 Å². The topological polar surface area (TPSA) is 50.1 Å². The number of hydrogen-bond donors (Lipinski definition) is 2. The minimum Gasteiger partial charge on any atom is -0.387 e. The molecule has 110 valence electrons. The maximum atomic E-state index is 10.2. The minimum atomic E-state index is -0.478. The van der Waals surface area contributed by atoms with Crippen LogP contribution >= 0.6 is 0 Å². The Balaban J connectivity index is 2.01. The number of aliphatic hydroxyl groups is 1. The van der Waals surface area contributed by atoms with Gasteiger partial charge in [0.2, 0.25) is 0 Å². The van der Waals surface area contributed by atoms with Gasteiger partial charge in [-0.2, -0.15) is 0 Å². The summed E-state index contributed by atoms with van der Waals surface area (Å²) >= 11 is 0. The molecule has 0 aliphatic carbocycles. The van der Waals surface area contributed by atoms with Crippen LogP contribution < -0.4 is 5.32 Å². The van der Waals surface area contributed by atoms with Gasteiger partial charge in [0, 0.05) is 13.6 Å². The first-order valence-corrected chi connectivity index (χ1v) is 7.30. The molecule has 0 aliphatic heterocycles. The van der Waals surface area contributed by atoms with Crippen molar-refractivity contribution >= 4 is 11.0 Å². The van der Waals surface area contributed by atoms with Gasteiger partial charge in [0.25, 0.3) is 0 Å². The molecular formula is C16H25N3O. The van der Waals surface area contributed by atoms with Crippen LogP contribution in [0.5, 0.6) is 0 Å². The van der Waals surface area contributed by atoms with E-state index in [1.54, 1.807) is 0 Å². The molecule has 2 aromatic rings. The number of aryl methyl sites for hydroxylation is 2. The summed E-state index contributed by atoms with van der Waals surface area (Å²) < 4.78 is 2.06. The molecule has 1 unspecified atom stereocenters. The van der Waals surface area contributed by atoms with Crippen molar-refractivity contribution in [3.05, 3.63) is 29.6 Å². The normalized spacial score (nSPS) is 13.3. The molecule has 1 aromatic carbocycles. The van der Waals surface area contributed by atoms with Gasteiger partial charge in [0.1, 0.15) is 5.82 Å². The van der Waals surface area contributed by atoms with Gasteiger partial charge in [-0.3, -0.25) is 0 Å². The average Bonchev–Trinajstić information content (AvgIpc) is 2.69. The molecule has 0 saturated heterocycles. The van der Waals surface area contributed by atoms with E-state index in [1.807, 2.05) is 32.2 Å². The molecule has 20 heavy (non-hydrogen) atoms. The largest absolute Gasteiger partial charge is 0.387 e. The summed E-state index contributed by atoms with van der Waals surface area (Å²) in [6, 6.07) is 6.00. The third-order valence-corrected chi connectivity index (χ3v) is 3.75. The second-order valence-electron chi connectivity index (χ2n) is 5.87. The molecule has 0 saturated carbocycles. The summed E-state index contributed by atoms with van der Waals surface area (Å²) in [4.78, 5) is 4.51. The zero-order valence-corrected chi connectivity index (χ0v) is 12.8. The zero-order chi connectivity index (χ0) is 14.7. The third-order valence-electron chi connectivity index (χ3n) is 3.75. The highest BCUT2D eigenvalue weighted by molar-refractivity contribution is 5.76. The number of fused-ring (bicyclic) bond motifs is 1. The van der Waals surface area contributed by atoms with Crippen molar-refractivity contribution in [3.8, 4) is 0 Å². The number of nitrogens with one attached hydrogen (secondary N) is 1. The van der Waals surface area contributed by atoms with Gasteiger partial charge in [0.05, 0.1) is 17.1 Å². The third kappa shape index (κ3) is 3.38. The van der Waals surface area contributed by atoms with Gasteiger partial charge in [-0.05, 0) is 43.5 Å². The zero-order valence-electron chi connectivity index (χ0n) is 12.8. The van der Waals surface area contributed by atoms with Crippen LogP contribution in [0.3, 0.4) is 0 Å². The molecule has 1 heterocycles. The molecule has 0 spiro atoms. The fraction of sp³-hybridized carbons (Fsp3) is 0.562. The highest BCUT2D eigenvalue weighted by atomic mass is 16.3. The quantitative estimate of drug-likeness (QED) is 0.797. The molecule has 1 atom stereocenters. The predicted octanol–water partition coefficient (Wildman–Crippen LogP) is 2.55. The standard InChI is InChI=1S/C16H25N3O/c1-11(2)7-8-17-10-16(20)13-5-6-15-14(9-13)18-12(3)19(15)4/h5-6,9,11,16-17,20H,7-8,10H2,1-4H3. The van der Waals surface area contributed by atoms with Crippen molar-refractivity contribution in [1.29, 1.82) is 0 Å². The fourth-order valence-corrected chi connectivity index (χ4v) is 2.29. The number of aliphatic hydroxyl groups excluding tert-OH is 1. The Bertz CT molecular complexity index is 574. The van der Waals surface area contributed by atoms with Crippen molar-refractivity contribution in [2.75, 3.05) is 13.1 Å². The summed E-state index contributed by atoms with van der Waals surface area (Å²) in [7, 11) is 2.01. The van der Waals surface area contributed by atoms with E-state index in [4.69, 9.17) is 0 Å². The Morgan fingerprint density at radius 3 is 2.80 bits per heavy atom. The second kappa shape index (κ2) is 6.37. The van der Waals surface area contributed by atoms with Crippen LogP contribution in [0, 0.1) is 12.8 Å². The first-order valence-electron chi connectivity index (χ1n) is 7.30. The lowest BCUT2D eigenvalue weighted by atomic mass is 10.1. The lowest BCUT2D eigenvalue weighted by Crippen LogP contribution is -2.23. The van der Waals surface area contributed by atoms with Gasteiger partial charge in [-0.25, -0.2) is 4.98 Å². The lowest BCUT2D eigenvalue weighted by molar-refractivity contribution is 0.174. The Morgan fingerprint density at radius 1 is 1.35 bits per heavy atom. The van der Waals surface area contributed by atoms with Crippen molar-refractivity contribution in [1.82, 2.24) is 14.9 Å². The van der Waals surface area contributed by atoms with Crippen LogP contribution in [-0.4, -0.2) is 27.7 Å². The number of benzene rings is 1. The second-order valence-corrected chi connectivity index (χ2v) is 5.87. The Labute approximate surface area is 120 Å². The molecule has 0 amide bonds. The van der Waals surface area contributed by atoms with Crippen LogP contribution in [0.1, 0.15) is 37.8 Å². The highest BCUT2D eigenvalue weighted by Gasteiger charge is 2.10. The molecule has 0 radical (unpaired) electrons. The van der Waals surface area contributed by atoms with Crippen molar-refractivity contribution in [3.63, 3.8) is 0 Å². The lowest BCUT2D eigenvalue weighted by Gasteiger charge is -2.13. The van der Waals surface area contributed by atoms with Crippen LogP contribution in [0.4, 0.5) is 0 Å². The molecule has 0 aliphatic rings. The monoisotopic (exact) mass is 275 g/mol. The van der Waals surface area contributed by atoms with E-state index >= 15 is 0 Å². The minimum absolute atomic E-state index is 0.478. The number of aromatic nitrogens is 2. The van der Waals surface area contributed by atoms with Crippen molar-refractivity contribution < 1.29 is 5.11 Å². The maximum absolute atomic E-state index is 10.2. The number of rotatable bonds is 6. The van der Waals surface area contributed by atoms with Gasteiger partial charge in [-0.15, -0.1) is 0 Å². The molecular weight excluding hydrogens is 250 g/mol. The van der Waals surface area contributed by atoms with Crippen LogP contribution in [0.2, 0.25) is 0 Å². The van der Waals surface area contributed by atoms with Crippen LogP contribution in [0.25, 0.3) is 11.0 Å². The summed E-state index contributed by atoms with van der Waals surface area (Å²) in [5, 5.41) is 13.5. The Hall–Kier alpha value is -1.39. The van der Waals surface area contributed by atoms with Gasteiger partial charge in [0.15, 0.2) is 0 Å². The Kier molecular flexibility index (Phi) is 4.78.